The third-order valence-electron chi connectivity index (χ3n) is 5.41. The largest absolute Gasteiger partial charge is 0.481 e. The van der Waals surface area contributed by atoms with Crippen molar-refractivity contribution in [3.63, 3.8) is 0 Å². The normalized spacial score (nSPS) is 20.2. The van der Waals surface area contributed by atoms with E-state index in [1.807, 2.05) is 6.92 Å². The smallest absolute Gasteiger partial charge is 0.435 e. The molecule has 3 rings (SSSR count). The zero-order valence-corrected chi connectivity index (χ0v) is 15.6. The molecule has 1 unspecified atom stereocenters. The number of aliphatic carboxylic acids is 1. The van der Waals surface area contributed by atoms with E-state index in [4.69, 9.17) is 10.8 Å². The highest BCUT2D eigenvalue weighted by Crippen LogP contribution is 2.47. The molecule has 1 aliphatic carbocycles. The fourth-order valence-electron chi connectivity index (χ4n) is 3.73. The number of hydrogen-bond acceptors (Lipinski definition) is 4. The van der Waals surface area contributed by atoms with Gasteiger partial charge in [0.05, 0.1) is 12.0 Å². The Balaban J connectivity index is 2.05. The molecule has 2 heterocycles. The summed E-state index contributed by atoms with van der Waals surface area (Å²) in [5, 5.41) is 16.9. The predicted octanol–water partition coefficient (Wildman–Crippen LogP) is 3.65. The Hall–Kier alpha value is -2.78. The first-order valence-electron chi connectivity index (χ1n) is 8.93. The van der Waals surface area contributed by atoms with Crippen molar-refractivity contribution in [1.29, 1.82) is 0 Å². The second-order valence-electron chi connectivity index (χ2n) is 7.22. The molecule has 1 atom stereocenters. The number of nitrogen functional groups attached to an aromatic ring is 1. The fraction of sp³-hybridized carbons (Fsp3) is 0.500. The van der Waals surface area contributed by atoms with Crippen molar-refractivity contribution in [2.75, 3.05) is 5.73 Å². The van der Waals surface area contributed by atoms with Gasteiger partial charge in [0.15, 0.2) is 11.5 Å². The van der Waals surface area contributed by atoms with Gasteiger partial charge in [0.25, 0.3) is 0 Å². The summed E-state index contributed by atoms with van der Waals surface area (Å²) in [5.41, 5.74) is 4.88. The molecule has 0 amide bonds. The lowest BCUT2D eigenvalue weighted by Gasteiger charge is -2.34. The zero-order valence-electron chi connectivity index (χ0n) is 15.6. The minimum absolute atomic E-state index is 0.0118. The number of halogens is 3. The van der Waals surface area contributed by atoms with Gasteiger partial charge in [0.1, 0.15) is 5.82 Å². The second kappa shape index (κ2) is 6.99. The van der Waals surface area contributed by atoms with Crippen LogP contribution < -0.4 is 5.73 Å². The van der Waals surface area contributed by atoms with E-state index in [0.29, 0.717) is 31.3 Å². The van der Waals surface area contributed by atoms with E-state index >= 15 is 0 Å². The van der Waals surface area contributed by atoms with Gasteiger partial charge >= 0.3 is 12.1 Å². The molecule has 0 aromatic carbocycles. The van der Waals surface area contributed by atoms with Crippen LogP contribution in [0.2, 0.25) is 0 Å². The Morgan fingerprint density at radius 2 is 2.11 bits per heavy atom. The van der Waals surface area contributed by atoms with E-state index in [-0.39, 0.29) is 23.6 Å². The van der Waals surface area contributed by atoms with E-state index in [0.717, 1.165) is 4.68 Å². The fourth-order valence-corrected chi connectivity index (χ4v) is 3.73. The third-order valence-corrected chi connectivity index (χ3v) is 5.41. The lowest BCUT2D eigenvalue weighted by atomic mass is 9.70. The minimum Gasteiger partial charge on any atom is -0.481 e. The van der Waals surface area contributed by atoms with Crippen molar-refractivity contribution in [2.45, 2.75) is 45.2 Å². The molecular formula is C18H22F3N5O2. The number of anilines is 1. The summed E-state index contributed by atoms with van der Waals surface area (Å²) in [6.07, 6.45) is 0.392. The summed E-state index contributed by atoms with van der Waals surface area (Å²) in [7, 11) is 1.64. The molecule has 0 spiro atoms. The first kappa shape index (κ1) is 20.0. The summed E-state index contributed by atoms with van der Waals surface area (Å²) in [6.45, 7) is 1.90. The van der Waals surface area contributed by atoms with Gasteiger partial charge in [-0.2, -0.15) is 28.1 Å². The van der Waals surface area contributed by atoms with Crippen molar-refractivity contribution >= 4 is 17.4 Å². The van der Waals surface area contributed by atoms with Crippen LogP contribution in [0.1, 0.15) is 50.3 Å². The highest BCUT2D eigenvalue weighted by atomic mass is 19.4. The van der Waals surface area contributed by atoms with Crippen molar-refractivity contribution in [1.82, 2.24) is 19.6 Å². The SMILES string of the molecule is CCC1(CC(=O)O)CC=C(c2c(C(F)(F)F)nn(-c3ccn(C)n3)c2N)CC1. The lowest BCUT2D eigenvalue weighted by Crippen LogP contribution is -2.26. The van der Waals surface area contributed by atoms with Gasteiger partial charge in [0.2, 0.25) is 0 Å². The summed E-state index contributed by atoms with van der Waals surface area (Å²) in [6, 6.07) is 1.53. The highest BCUT2D eigenvalue weighted by molar-refractivity contribution is 5.77. The van der Waals surface area contributed by atoms with E-state index in [2.05, 4.69) is 10.2 Å². The number of hydrogen-bond donors (Lipinski definition) is 2. The summed E-state index contributed by atoms with van der Waals surface area (Å²) in [4.78, 5) is 11.2. The van der Waals surface area contributed by atoms with E-state index in [1.165, 1.54) is 10.7 Å². The second-order valence-corrected chi connectivity index (χ2v) is 7.22. The van der Waals surface area contributed by atoms with Crippen LogP contribution in [-0.4, -0.2) is 30.6 Å². The third kappa shape index (κ3) is 3.63. The quantitative estimate of drug-likeness (QED) is 0.802. The van der Waals surface area contributed by atoms with Gasteiger partial charge in [-0.1, -0.05) is 13.0 Å². The number of carbonyl (C=O) groups is 1. The van der Waals surface area contributed by atoms with Gasteiger partial charge in [-0.05, 0) is 36.7 Å². The van der Waals surface area contributed by atoms with Crippen LogP contribution in [0.15, 0.2) is 18.3 Å². The number of rotatable bonds is 5. The molecule has 0 saturated heterocycles. The van der Waals surface area contributed by atoms with Crippen LogP contribution in [0.5, 0.6) is 0 Å². The molecule has 0 saturated carbocycles. The van der Waals surface area contributed by atoms with Crippen molar-refractivity contribution in [3.05, 3.63) is 29.6 Å². The molecule has 2 aromatic rings. The molecule has 0 fully saturated rings. The Morgan fingerprint density at radius 1 is 1.39 bits per heavy atom. The minimum atomic E-state index is -4.68. The lowest BCUT2D eigenvalue weighted by molar-refractivity contribution is -0.141. The predicted molar refractivity (Wildman–Crippen MR) is 96.5 cm³/mol. The number of alkyl halides is 3. The number of aryl methyl sites for hydroxylation is 1. The molecule has 3 N–H and O–H groups in total. The molecule has 2 aromatic heterocycles. The van der Waals surface area contributed by atoms with Crippen LogP contribution in [0.3, 0.4) is 0 Å². The van der Waals surface area contributed by atoms with Gasteiger partial charge in [0, 0.05) is 19.3 Å². The van der Waals surface area contributed by atoms with E-state index in [1.54, 1.807) is 19.3 Å². The Kier molecular flexibility index (Phi) is 4.99. The number of nitrogens with zero attached hydrogens (tertiary/aromatic N) is 4. The molecule has 0 aliphatic heterocycles. The standard InChI is InChI=1S/C18H22F3N5O2/c1-3-17(10-13(27)28)7-4-11(5-8-17)14-15(18(19,20)21)24-26(16(14)22)12-6-9-25(2)23-12/h4,6,9H,3,5,7-8,10,22H2,1-2H3,(H,27,28). The summed E-state index contributed by atoms with van der Waals surface area (Å²) in [5.74, 6) is -0.835. The first-order chi connectivity index (χ1) is 13.1. The Bertz CT molecular complexity index is 928. The molecule has 10 heteroatoms. The van der Waals surface area contributed by atoms with Gasteiger partial charge in [-0.15, -0.1) is 0 Å². The summed E-state index contributed by atoms with van der Waals surface area (Å²) < 4.78 is 43.4. The number of nitrogens with two attached hydrogens (primary N) is 1. The van der Waals surface area contributed by atoms with Crippen LogP contribution >= 0.6 is 0 Å². The molecule has 7 nitrogen and oxygen atoms in total. The van der Waals surface area contributed by atoms with Crippen LogP contribution in [-0.2, 0) is 18.0 Å². The molecular weight excluding hydrogens is 375 g/mol. The summed E-state index contributed by atoms with van der Waals surface area (Å²) >= 11 is 0. The van der Waals surface area contributed by atoms with Crippen LogP contribution in [0.4, 0.5) is 19.0 Å². The van der Waals surface area contributed by atoms with E-state index in [9.17, 15) is 18.0 Å². The van der Waals surface area contributed by atoms with Gasteiger partial charge in [-0.25, -0.2) is 0 Å². The Morgan fingerprint density at radius 3 is 2.57 bits per heavy atom. The molecule has 1 aliphatic rings. The van der Waals surface area contributed by atoms with Crippen LogP contribution in [0, 0.1) is 5.41 Å². The molecule has 0 bridgehead atoms. The van der Waals surface area contributed by atoms with Crippen molar-refractivity contribution in [3.8, 4) is 5.82 Å². The molecule has 152 valence electrons. The number of aromatic nitrogens is 4. The monoisotopic (exact) mass is 397 g/mol. The van der Waals surface area contributed by atoms with E-state index < -0.39 is 23.3 Å². The number of carboxylic acid groups (broad SMARTS) is 1. The van der Waals surface area contributed by atoms with Gasteiger partial charge in [-0.3, -0.25) is 9.48 Å². The average Bonchev–Trinajstić information content (AvgIpc) is 3.18. The number of carboxylic acids is 1. The molecule has 28 heavy (non-hydrogen) atoms. The zero-order chi connectivity index (χ0) is 20.7. The topological polar surface area (TPSA) is 99.0 Å². The van der Waals surface area contributed by atoms with Gasteiger partial charge < -0.3 is 10.8 Å². The maximum atomic E-state index is 13.6. The molecule has 0 radical (unpaired) electrons. The first-order valence-corrected chi connectivity index (χ1v) is 8.93. The van der Waals surface area contributed by atoms with Crippen LogP contribution in [0.25, 0.3) is 11.4 Å². The Labute approximate surface area is 159 Å². The maximum Gasteiger partial charge on any atom is 0.435 e. The van der Waals surface area contributed by atoms with Crippen molar-refractivity contribution < 1.29 is 23.1 Å². The number of allylic oxidation sites excluding steroid dienone is 2. The average molecular weight is 397 g/mol. The van der Waals surface area contributed by atoms with Crippen molar-refractivity contribution in [2.24, 2.45) is 12.5 Å². The highest BCUT2D eigenvalue weighted by Gasteiger charge is 2.42. The maximum absolute atomic E-state index is 13.6.